The molecule has 1 atom stereocenters. The molecule has 0 amide bonds. The zero-order valence-corrected chi connectivity index (χ0v) is 14.1. The van der Waals surface area contributed by atoms with Crippen molar-refractivity contribution < 1.29 is 17.9 Å². The first kappa shape index (κ1) is 17.9. The monoisotopic (exact) mass is 340 g/mol. The maximum absolute atomic E-state index is 12.5. The number of carbonyl (C=O) groups excluding carboxylic acids is 1. The lowest BCUT2D eigenvalue weighted by molar-refractivity contribution is 0.0526. The third-order valence-electron chi connectivity index (χ3n) is 4.21. The third-order valence-corrected chi connectivity index (χ3v) is 5.71. The summed E-state index contributed by atoms with van der Waals surface area (Å²) >= 11 is 0. The lowest BCUT2D eigenvalue weighted by Gasteiger charge is -2.23. The van der Waals surface area contributed by atoms with E-state index in [1.54, 1.807) is 6.92 Å². The highest BCUT2D eigenvalue weighted by Gasteiger charge is 2.28. The van der Waals surface area contributed by atoms with Crippen LogP contribution in [0.5, 0.6) is 0 Å². The van der Waals surface area contributed by atoms with Crippen LogP contribution in [-0.2, 0) is 14.8 Å². The summed E-state index contributed by atoms with van der Waals surface area (Å²) in [4.78, 5) is 11.7. The summed E-state index contributed by atoms with van der Waals surface area (Å²) in [6.45, 7) is 2.28. The van der Waals surface area contributed by atoms with Crippen LogP contribution in [0, 0.1) is 5.92 Å². The zero-order valence-electron chi connectivity index (χ0n) is 13.3. The molecule has 1 unspecified atom stereocenters. The van der Waals surface area contributed by atoms with Gasteiger partial charge in [-0.25, -0.2) is 17.9 Å². The van der Waals surface area contributed by atoms with E-state index >= 15 is 0 Å². The van der Waals surface area contributed by atoms with E-state index in [1.165, 1.54) is 24.3 Å². The first-order chi connectivity index (χ1) is 11.0. The molecular formula is C16H24N2O4S. The highest BCUT2D eigenvalue weighted by atomic mass is 32.2. The van der Waals surface area contributed by atoms with Crippen molar-refractivity contribution in [2.24, 2.45) is 11.7 Å². The van der Waals surface area contributed by atoms with Crippen LogP contribution in [0.25, 0.3) is 0 Å². The number of nitrogens with one attached hydrogen (secondary N) is 1. The van der Waals surface area contributed by atoms with E-state index in [1.807, 2.05) is 0 Å². The van der Waals surface area contributed by atoms with Gasteiger partial charge in [-0.05, 0) is 49.9 Å². The van der Waals surface area contributed by atoms with E-state index in [0.29, 0.717) is 11.5 Å². The molecule has 0 saturated heterocycles. The number of nitrogens with two attached hydrogens (primary N) is 1. The molecule has 128 valence electrons. The van der Waals surface area contributed by atoms with Gasteiger partial charge in [0.2, 0.25) is 10.0 Å². The first-order valence-electron chi connectivity index (χ1n) is 7.97. The molecule has 2 rings (SSSR count). The molecule has 1 aliphatic carbocycles. The summed E-state index contributed by atoms with van der Waals surface area (Å²) in [5.41, 5.74) is 6.08. The molecule has 0 heterocycles. The smallest absolute Gasteiger partial charge is 0.338 e. The van der Waals surface area contributed by atoms with Crippen molar-refractivity contribution in [1.82, 2.24) is 4.72 Å². The van der Waals surface area contributed by atoms with Gasteiger partial charge < -0.3 is 10.5 Å². The minimum atomic E-state index is -3.65. The summed E-state index contributed by atoms with van der Waals surface area (Å²) in [5.74, 6) is -0.163. The molecule has 0 radical (unpaired) electrons. The molecule has 6 nitrogen and oxygen atoms in total. The van der Waals surface area contributed by atoms with Crippen molar-refractivity contribution in [1.29, 1.82) is 0 Å². The number of esters is 1. The quantitative estimate of drug-likeness (QED) is 0.736. The Bertz CT molecular complexity index is 622. The fourth-order valence-corrected chi connectivity index (χ4v) is 4.27. The van der Waals surface area contributed by atoms with E-state index in [-0.39, 0.29) is 24.1 Å². The Labute approximate surface area is 137 Å². The van der Waals surface area contributed by atoms with Crippen LogP contribution >= 0.6 is 0 Å². The van der Waals surface area contributed by atoms with E-state index in [0.717, 1.165) is 25.7 Å². The number of sulfonamides is 1. The van der Waals surface area contributed by atoms with Crippen molar-refractivity contribution in [3.63, 3.8) is 0 Å². The minimum Gasteiger partial charge on any atom is -0.462 e. The van der Waals surface area contributed by atoms with Gasteiger partial charge in [0.15, 0.2) is 0 Å². The van der Waals surface area contributed by atoms with Gasteiger partial charge in [0.05, 0.1) is 17.1 Å². The summed E-state index contributed by atoms with van der Waals surface area (Å²) in [5, 5.41) is 0. The highest BCUT2D eigenvalue weighted by Crippen LogP contribution is 2.28. The van der Waals surface area contributed by atoms with E-state index in [4.69, 9.17) is 10.5 Å². The van der Waals surface area contributed by atoms with Crippen LogP contribution in [0.3, 0.4) is 0 Å². The van der Waals surface area contributed by atoms with Crippen molar-refractivity contribution in [3.05, 3.63) is 29.8 Å². The second-order valence-corrected chi connectivity index (χ2v) is 7.47. The van der Waals surface area contributed by atoms with Crippen LogP contribution < -0.4 is 10.5 Å². The Morgan fingerprint density at radius 3 is 2.43 bits per heavy atom. The van der Waals surface area contributed by atoms with Gasteiger partial charge in [-0.15, -0.1) is 0 Å². The van der Waals surface area contributed by atoms with Crippen molar-refractivity contribution in [3.8, 4) is 0 Å². The molecule has 3 N–H and O–H groups in total. The van der Waals surface area contributed by atoms with E-state index < -0.39 is 16.0 Å². The van der Waals surface area contributed by atoms with Crippen molar-refractivity contribution in [2.75, 3.05) is 13.2 Å². The molecule has 1 fully saturated rings. The zero-order chi connectivity index (χ0) is 16.9. The average molecular weight is 340 g/mol. The van der Waals surface area contributed by atoms with E-state index in [2.05, 4.69) is 4.72 Å². The van der Waals surface area contributed by atoms with Gasteiger partial charge in [-0.1, -0.05) is 12.8 Å². The third kappa shape index (κ3) is 4.53. The molecule has 0 aromatic heterocycles. The molecule has 1 aliphatic rings. The minimum absolute atomic E-state index is 0.127. The number of rotatable bonds is 7. The summed E-state index contributed by atoms with van der Waals surface area (Å²) in [7, 11) is -3.65. The average Bonchev–Trinajstić information content (AvgIpc) is 3.07. The van der Waals surface area contributed by atoms with Gasteiger partial charge >= 0.3 is 5.97 Å². The maximum atomic E-state index is 12.5. The van der Waals surface area contributed by atoms with Gasteiger partial charge in [0, 0.05) is 12.6 Å². The molecule has 1 saturated carbocycles. The SMILES string of the molecule is CCOC(=O)c1ccc(S(=O)(=O)NC(CN)C2CCCC2)cc1. The van der Waals surface area contributed by atoms with Crippen LogP contribution in [0.4, 0.5) is 0 Å². The summed E-state index contributed by atoms with van der Waals surface area (Å²) < 4.78 is 32.6. The van der Waals surface area contributed by atoms with Gasteiger partial charge in [0.1, 0.15) is 0 Å². The fourth-order valence-electron chi connectivity index (χ4n) is 2.95. The number of ether oxygens (including phenoxy) is 1. The van der Waals surface area contributed by atoms with Gasteiger partial charge in [-0.3, -0.25) is 0 Å². The van der Waals surface area contributed by atoms with Crippen molar-refractivity contribution in [2.45, 2.75) is 43.5 Å². The van der Waals surface area contributed by atoms with Gasteiger partial charge in [-0.2, -0.15) is 0 Å². The summed E-state index contributed by atoms with van der Waals surface area (Å²) in [6.07, 6.45) is 4.26. The molecule has 0 spiro atoms. The van der Waals surface area contributed by atoms with E-state index in [9.17, 15) is 13.2 Å². The Morgan fingerprint density at radius 2 is 1.91 bits per heavy atom. The van der Waals surface area contributed by atoms with Crippen LogP contribution in [-0.4, -0.2) is 33.6 Å². The Balaban J connectivity index is 2.10. The van der Waals surface area contributed by atoms with Crippen molar-refractivity contribution >= 4 is 16.0 Å². The predicted molar refractivity (Wildman–Crippen MR) is 87.5 cm³/mol. The van der Waals surface area contributed by atoms with Gasteiger partial charge in [0.25, 0.3) is 0 Å². The second-order valence-electron chi connectivity index (χ2n) is 5.75. The predicted octanol–water partition coefficient (Wildman–Crippen LogP) is 1.66. The topological polar surface area (TPSA) is 98.5 Å². The summed E-state index contributed by atoms with van der Waals surface area (Å²) in [6, 6.07) is 5.50. The normalized spacial score (nSPS) is 17.1. The molecule has 23 heavy (non-hydrogen) atoms. The second kappa shape index (κ2) is 7.90. The number of carbonyl (C=O) groups is 1. The Kier molecular flexibility index (Phi) is 6.15. The maximum Gasteiger partial charge on any atom is 0.338 e. The Morgan fingerprint density at radius 1 is 1.30 bits per heavy atom. The molecular weight excluding hydrogens is 316 g/mol. The highest BCUT2D eigenvalue weighted by molar-refractivity contribution is 7.89. The molecule has 1 aromatic rings. The Hall–Kier alpha value is -1.44. The molecule has 1 aromatic carbocycles. The molecule has 0 aliphatic heterocycles. The lowest BCUT2D eigenvalue weighted by Crippen LogP contribution is -2.44. The van der Waals surface area contributed by atoms with Crippen LogP contribution in [0.15, 0.2) is 29.2 Å². The van der Waals surface area contributed by atoms with Crippen LogP contribution in [0.2, 0.25) is 0 Å². The fraction of sp³-hybridized carbons (Fsp3) is 0.562. The largest absolute Gasteiger partial charge is 0.462 e. The molecule has 0 bridgehead atoms. The molecule has 7 heteroatoms. The number of benzene rings is 1. The van der Waals surface area contributed by atoms with Crippen LogP contribution in [0.1, 0.15) is 43.0 Å². The standard InChI is InChI=1S/C16H24N2O4S/c1-2-22-16(19)13-7-9-14(10-8-13)23(20,21)18-15(11-17)12-5-3-4-6-12/h7-10,12,15,18H,2-6,11,17H2,1H3. The number of hydrogen-bond donors (Lipinski definition) is 2. The first-order valence-corrected chi connectivity index (χ1v) is 9.46. The number of hydrogen-bond acceptors (Lipinski definition) is 5. The lowest BCUT2D eigenvalue weighted by atomic mass is 9.99.